The molecule has 0 aliphatic carbocycles. The Bertz CT molecular complexity index is 1720. The van der Waals surface area contributed by atoms with Gasteiger partial charge in [0.1, 0.15) is 19.3 Å². The Morgan fingerprint density at radius 1 is 0.307 bits per heavy atom. The fraction of sp³-hybridized carbons (Fsp3) is 0.942. The molecule has 19 heteroatoms. The first-order chi connectivity index (χ1) is 42.4. The number of phosphoric acid groups is 2. The molecular formula is C69H134O17P2. The van der Waals surface area contributed by atoms with Crippen LogP contribution >= 0.6 is 15.6 Å². The number of rotatable bonds is 68. The number of phosphoric ester groups is 2. The largest absolute Gasteiger partial charge is 0.472 e. The van der Waals surface area contributed by atoms with E-state index in [1.54, 1.807) is 0 Å². The van der Waals surface area contributed by atoms with Gasteiger partial charge in [-0.25, -0.2) is 9.13 Å². The molecule has 0 spiro atoms. The molecule has 0 aromatic heterocycles. The molecule has 0 saturated carbocycles. The summed E-state index contributed by atoms with van der Waals surface area (Å²) in [5, 5.41) is 10.6. The van der Waals surface area contributed by atoms with Crippen molar-refractivity contribution in [3.8, 4) is 0 Å². The third-order valence-electron chi connectivity index (χ3n) is 16.0. The van der Waals surface area contributed by atoms with Crippen LogP contribution in [-0.4, -0.2) is 96.7 Å². The van der Waals surface area contributed by atoms with Crippen LogP contribution in [0.5, 0.6) is 0 Å². The highest BCUT2D eigenvalue weighted by Gasteiger charge is 2.30. The van der Waals surface area contributed by atoms with Crippen LogP contribution in [0.25, 0.3) is 0 Å². The van der Waals surface area contributed by atoms with E-state index in [2.05, 4.69) is 41.5 Å². The van der Waals surface area contributed by atoms with Crippen LogP contribution in [0.3, 0.4) is 0 Å². The quantitative estimate of drug-likeness (QED) is 0.0222. The van der Waals surface area contributed by atoms with Gasteiger partial charge in [0, 0.05) is 25.7 Å². The Morgan fingerprint density at radius 3 is 0.773 bits per heavy atom. The van der Waals surface area contributed by atoms with E-state index < -0.39 is 97.5 Å². The number of hydrogen-bond acceptors (Lipinski definition) is 15. The maximum Gasteiger partial charge on any atom is 0.472 e. The third-order valence-corrected chi connectivity index (χ3v) is 17.9. The summed E-state index contributed by atoms with van der Waals surface area (Å²) in [5.74, 6) is -0.653. The molecule has 88 heavy (non-hydrogen) atoms. The lowest BCUT2D eigenvalue weighted by molar-refractivity contribution is -0.161. The highest BCUT2D eigenvalue weighted by Crippen LogP contribution is 2.45. The van der Waals surface area contributed by atoms with Crippen molar-refractivity contribution in [1.82, 2.24) is 0 Å². The van der Waals surface area contributed by atoms with Gasteiger partial charge >= 0.3 is 39.5 Å². The molecule has 17 nitrogen and oxygen atoms in total. The van der Waals surface area contributed by atoms with Gasteiger partial charge in [0.05, 0.1) is 26.4 Å². The average molecular weight is 1300 g/mol. The number of carbonyl (C=O) groups excluding carboxylic acids is 4. The number of hydrogen-bond donors (Lipinski definition) is 3. The van der Waals surface area contributed by atoms with Gasteiger partial charge in [-0.2, -0.15) is 0 Å². The van der Waals surface area contributed by atoms with E-state index in [-0.39, 0.29) is 25.7 Å². The Kier molecular flexibility index (Phi) is 59.9. The monoisotopic (exact) mass is 1300 g/mol. The molecule has 0 amide bonds. The van der Waals surface area contributed by atoms with Gasteiger partial charge in [-0.15, -0.1) is 0 Å². The van der Waals surface area contributed by atoms with Gasteiger partial charge in [0.15, 0.2) is 12.2 Å². The Labute approximate surface area is 537 Å². The maximum atomic E-state index is 13.0. The molecule has 0 aromatic rings. The van der Waals surface area contributed by atoms with Crippen molar-refractivity contribution < 1.29 is 80.2 Å². The van der Waals surface area contributed by atoms with Gasteiger partial charge < -0.3 is 33.8 Å². The van der Waals surface area contributed by atoms with E-state index in [1.165, 1.54) is 167 Å². The molecule has 3 N–H and O–H groups in total. The highest BCUT2D eigenvalue weighted by atomic mass is 31.2. The standard InChI is InChI=1S/C69H134O17P2/c1-7-9-11-13-15-17-19-21-23-27-36-42-48-54-69(74)85-64(57-79-66(71)51-45-39-33-28-24-25-31-37-43-49-61(3)4)59-83-87(75,76)81-55-63(70)56-82-88(77,78)84-60-65(58-80-67(72)52-46-40-34-30-29-32-38-44-50-62(5)6)86-68(73)53-47-41-35-26-22-20-18-16-14-12-10-8-2/h61-65,70H,7-60H2,1-6H3,(H,75,76)(H,77,78)/t63-,64-,65-/m1/s1. The lowest BCUT2D eigenvalue weighted by Gasteiger charge is -2.21. The lowest BCUT2D eigenvalue weighted by atomic mass is 10.0. The van der Waals surface area contributed by atoms with Crippen LogP contribution in [0.2, 0.25) is 0 Å². The molecule has 0 bridgehead atoms. The normalized spacial score (nSPS) is 14.2. The molecule has 5 atom stereocenters. The van der Waals surface area contributed by atoms with Crippen molar-refractivity contribution >= 4 is 39.5 Å². The van der Waals surface area contributed by atoms with Crippen LogP contribution in [0.4, 0.5) is 0 Å². The van der Waals surface area contributed by atoms with Crippen molar-refractivity contribution in [1.29, 1.82) is 0 Å². The third kappa shape index (κ3) is 62.8. The maximum absolute atomic E-state index is 13.0. The minimum Gasteiger partial charge on any atom is -0.462 e. The van der Waals surface area contributed by atoms with Crippen LogP contribution in [0.1, 0.15) is 350 Å². The zero-order chi connectivity index (χ0) is 65.0. The number of aliphatic hydroxyl groups is 1. The van der Waals surface area contributed by atoms with Gasteiger partial charge in [0.2, 0.25) is 0 Å². The number of unbranched alkanes of at least 4 members (excludes halogenated alkanes) is 38. The average Bonchev–Trinajstić information content (AvgIpc) is 3.55. The first-order valence-corrected chi connectivity index (χ1v) is 39.0. The van der Waals surface area contributed by atoms with Crippen LogP contribution in [0.15, 0.2) is 0 Å². The fourth-order valence-electron chi connectivity index (χ4n) is 10.4. The minimum absolute atomic E-state index is 0.107. The van der Waals surface area contributed by atoms with E-state index in [9.17, 15) is 43.2 Å². The number of aliphatic hydroxyl groups excluding tert-OH is 1. The fourth-order valence-corrected chi connectivity index (χ4v) is 12.0. The zero-order valence-corrected chi connectivity index (χ0v) is 58.8. The van der Waals surface area contributed by atoms with E-state index in [0.29, 0.717) is 25.7 Å². The summed E-state index contributed by atoms with van der Waals surface area (Å²) in [5.41, 5.74) is 0. The van der Waals surface area contributed by atoms with Gasteiger partial charge in [-0.3, -0.25) is 37.3 Å². The Hall–Kier alpha value is -1.94. The summed E-state index contributed by atoms with van der Waals surface area (Å²) in [6, 6.07) is 0. The number of ether oxygens (including phenoxy) is 4. The molecule has 0 fully saturated rings. The Morgan fingerprint density at radius 2 is 0.523 bits per heavy atom. The summed E-state index contributed by atoms with van der Waals surface area (Å²) in [7, 11) is -9.90. The lowest BCUT2D eigenvalue weighted by Crippen LogP contribution is -2.30. The minimum atomic E-state index is -4.95. The topological polar surface area (TPSA) is 237 Å². The van der Waals surface area contributed by atoms with E-state index >= 15 is 0 Å². The number of esters is 4. The van der Waals surface area contributed by atoms with Gasteiger partial charge in [0.25, 0.3) is 0 Å². The summed E-state index contributed by atoms with van der Waals surface area (Å²) in [6.45, 7) is 9.49. The van der Waals surface area contributed by atoms with E-state index in [4.69, 9.17) is 37.0 Å². The molecule has 2 unspecified atom stereocenters. The van der Waals surface area contributed by atoms with Crippen molar-refractivity contribution in [2.45, 2.75) is 368 Å². The van der Waals surface area contributed by atoms with Gasteiger partial charge in [-0.05, 0) is 37.5 Å². The van der Waals surface area contributed by atoms with E-state index in [0.717, 1.165) is 102 Å². The van der Waals surface area contributed by atoms with Crippen LogP contribution in [0, 0.1) is 11.8 Å². The van der Waals surface area contributed by atoms with Crippen molar-refractivity contribution in [3.05, 3.63) is 0 Å². The summed E-state index contributed by atoms with van der Waals surface area (Å²) >= 11 is 0. The Balaban J connectivity index is 5.26. The molecule has 0 aliphatic heterocycles. The second-order valence-corrected chi connectivity index (χ2v) is 28.8. The van der Waals surface area contributed by atoms with Crippen molar-refractivity contribution in [2.24, 2.45) is 11.8 Å². The predicted octanol–water partition coefficient (Wildman–Crippen LogP) is 19.6. The molecule has 0 aromatic carbocycles. The van der Waals surface area contributed by atoms with Crippen molar-refractivity contribution in [2.75, 3.05) is 39.6 Å². The molecule has 0 rings (SSSR count). The summed E-state index contributed by atoms with van der Waals surface area (Å²) in [6.07, 6.45) is 45.7. The molecule has 0 saturated heterocycles. The second kappa shape index (κ2) is 61.3. The van der Waals surface area contributed by atoms with Gasteiger partial charge in [-0.1, -0.05) is 298 Å². The van der Waals surface area contributed by atoms with Crippen LogP contribution in [-0.2, 0) is 65.4 Å². The molecule has 522 valence electrons. The number of carbonyl (C=O) groups is 4. The smallest absolute Gasteiger partial charge is 0.462 e. The predicted molar refractivity (Wildman–Crippen MR) is 354 cm³/mol. The molecule has 0 heterocycles. The summed E-state index contributed by atoms with van der Waals surface area (Å²) in [4.78, 5) is 72.5. The SMILES string of the molecule is CCCCCCCCCCCCCCCC(=O)O[C@H](COC(=O)CCCCCCCCCCCC(C)C)COP(=O)(O)OC[C@@H](O)COP(=O)(O)OC[C@@H](COC(=O)CCCCCCCCCCC(C)C)OC(=O)CCCCCCCCCCCCCC. The first-order valence-electron chi connectivity index (χ1n) is 36.0. The van der Waals surface area contributed by atoms with Crippen LogP contribution < -0.4 is 0 Å². The first kappa shape index (κ1) is 86.1. The zero-order valence-electron chi connectivity index (χ0n) is 57.0. The molecule has 0 radical (unpaired) electrons. The molecule has 0 aliphatic rings. The summed E-state index contributed by atoms with van der Waals surface area (Å²) < 4.78 is 68.2. The highest BCUT2D eigenvalue weighted by molar-refractivity contribution is 7.47. The van der Waals surface area contributed by atoms with Crippen molar-refractivity contribution in [3.63, 3.8) is 0 Å². The van der Waals surface area contributed by atoms with E-state index in [1.807, 2.05) is 0 Å². The second-order valence-electron chi connectivity index (χ2n) is 25.9. The molecular weight excluding hydrogens is 1160 g/mol.